The van der Waals surface area contributed by atoms with Gasteiger partial charge in [0.05, 0.1) is 19.1 Å². The van der Waals surface area contributed by atoms with Crippen LogP contribution < -0.4 is 15.8 Å². The van der Waals surface area contributed by atoms with E-state index in [-0.39, 0.29) is 23.7 Å². The highest BCUT2D eigenvalue weighted by Gasteiger charge is 2.30. The van der Waals surface area contributed by atoms with E-state index in [0.717, 1.165) is 55.5 Å². The zero-order valence-corrected chi connectivity index (χ0v) is 22.4. The Hall–Kier alpha value is -3.53. The molecule has 3 aliphatic rings. The largest absolute Gasteiger partial charge is 0.469 e. The van der Waals surface area contributed by atoms with Crippen molar-refractivity contribution in [3.05, 3.63) is 42.2 Å². The van der Waals surface area contributed by atoms with Crippen LogP contribution in [0.15, 0.2) is 36.7 Å². The van der Waals surface area contributed by atoms with Gasteiger partial charge >= 0.3 is 5.97 Å². The van der Waals surface area contributed by atoms with Gasteiger partial charge in [-0.1, -0.05) is 12.1 Å². The quantitative estimate of drug-likeness (QED) is 0.390. The van der Waals surface area contributed by atoms with Crippen LogP contribution in [0.3, 0.4) is 0 Å². The van der Waals surface area contributed by atoms with Gasteiger partial charge < -0.3 is 14.4 Å². The fourth-order valence-corrected chi connectivity index (χ4v) is 5.28. The molecule has 10 heteroatoms. The minimum atomic E-state index is -0.394. The topological polar surface area (TPSA) is 123 Å². The lowest BCUT2D eigenvalue weighted by Crippen LogP contribution is -2.45. The van der Waals surface area contributed by atoms with Crippen molar-refractivity contribution < 1.29 is 23.9 Å². The van der Waals surface area contributed by atoms with Crippen molar-refractivity contribution in [3.63, 3.8) is 0 Å². The number of methoxy groups -OCH3 is 1. The molecule has 5 rings (SSSR count). The van der Waals surface area contributed by atoms with Crippen LogP contribution in [0, 0.1) is 17.8 Å². The van der Waals surface area contributed by atoms with E-state index in [1.165, 1.54) is 20.0 Å². The molecule has 0 bridgehead atoms. The smallest absolute Gasteiger partial charge is 0.308 e. The van der Waals surface area contributed by atoms with Gasteiger partial charge in [-0.25, -0.2) is 9.97 Å². The van der Waals surface area contributed by atoms with Gasteiger partial charge in [0.2, 0.25) is 11.9 Å². The summed E-state index contributed by atoms with van der Waals surface area (Å²) in [6, 6.07) is 7.09. The number of nitrogens with zero attached hydrogens (tertiary/aromatic N) is 3. The predicted octanol–water partition coefficient (Wildman–Crippen LogP) is 3.28. The Labute approximate surface area is 228 Å². The molecule has 0 unspecified atom stereocenters. The Kier molecular flexibility index (Phi) is 8.71. The second-order valence-corrected chi connectivity index (χ2v) is 10.8. The van der Waals surface area contributed by atoms with Crippen molar-refractivity contribution in [1.29, 1.82) is 0 Å². The summed E-state index contributed by atoms with van der Waals surface area (Å²) in [6.07, 6.45) is 11.0. The summed E-state index contributed by atoms with van der Waals surface area (Å²) >= 11 is 0. The van der Waals surface area contributed by atoms with Crippen molar-refractivity contribution in [2.24, 2.45) is 17.8 Å². The van der Waals surface area contributed by atoms with Gasteiger partial charge in [0.1, 0.15) is 0 Å². The number of piperidine rings is 1. The zero-order chi connectivity index (χ0) is 27.2. The number of benzene rings is 1. The van der Waals surface area contributed by atoms with E-state index in [1.807, 2.05) is 24.5 Å². The number of anilines is 1. The maximum absolute atomic E-state index is 12.6. The molecule has 208 valence electrons. The number of hydrogen-bond acceptors (Lipinski definition) is 8. The van der Waals surface area contributed by atoms with Gasteiger partial charge in [-0.15, -0.1) is 0 Å². The molecule has 39 heavy (non-hydrogen) atoms. The van der Waals surface area contributed by atoms with Gasteiger partial charge in [0.15, 0.2) is 0 Å². The number of hydrogen-bond donors (Lipinski definition) is 2. The Morgan fingerprint density at radius 2 is 1.49 bits per heavy atom. The fraction of sp³-hybridized carbons (Fsp3) is 0.552. The van der Waals surface area contributed by atoms with Crippen molar-refractivity contribution in [2.45, 2.75) is 57.5 Å². The van der Waals surface area contributed by atoms with Gasteiger partial charge in [0, 0.05) is 49.1 Å². The lowest BCUT2D eigenvalue weighted by atomic mass is 9.82. The number of carbonyl (C=O) groups excluding carboxylic acids is 3. The molecule has 1 aromatic heterocycles. The SMILES string of the molecule is COC(=O)[C@H]1CC[C@H](C(=O)NNC(=O)c2ccc(-c3cnc(N4CCC(OCC5CC5)CC4)nc3)cc2)CC1. The minimum absolute atomic E-state index is 0.150. The number of hydrazine groups is 1. The Morgan fingerprint density at radius 3 is 2.10 bits per heavy atom. The van der Waals surface area contributed by atoms with Crippen molar-refractivity contribution >= 4 is 23.7 Å². The third-order valence-electron chi connectivity index (χ3n) is 8.04. The van der Waals surface area contributed by atoms with Gasteiger partial charge in [-0.05, 0) is 75.0 Å². The summed E-state index contributed by atoms with van der Waals surface area (Å²) in [6.45, 7) is 2.69. The summed E-state index contributed by atoms with van der Waals surface area (Å²) in [5, 5.41) is 0. The Morgan fingerprint density at radius 1 is 0.846 bits per heavy atom. The van der Waals surface area contributed by atoms with Crippen LogP contribution >= 0.6 is 0 Å². The highest BCUT2D eigenvalue weighted by atomic mass is 16.5. The molecule has 2 saturated carbocycles. The van der Waals surface area contributed by atoms with E-state index in [0.29, 0.717) is 37.4 Å². The molecule has 2 heterocycles. The summed E-state index contributed by atoms with van der Waals surface area (Å²) in [7, 11) is 1.38. The standard InChI is InChI=1S/C29H37N5O5/c1-38-28(37)23-10-8-22(9-11-23)27(36)33-32-26(35)21-6-4-20(5-7-21)24-16-30-29(31-17-24)34-14-12-25(13-15-34)39-18-19-2-3-19/h4-7,16-17,19,22-23,25H,2-3,8-15,18H2,1H3,(H,32,35)(H,33,36)/t22-,23-. The monoisotopic (exact) mass is 535 g/mol. The molecule has 1 aromatic carbocycles. The number of nitrogens with one attached hydrogen (secondary N) is 2. The molecule has 2 N–H and O–H groups in total. The summed E-state index contributed by atoms with van der Waals surface area (Å²) < 4.78 is 10.8. The molecule has 0 atom stereocenters. The molecule has 0 radical (unpaired) electrons. The lowest BCUT2D eigenvalue weighted by Gasteiger charge is -2.32. The molecular weight excluding hydrogens is 498 g/mol. The number of carbonyl (C=O) groups is 3. The first-order valence-corrected chi connectivity index (χ1v) is 14.0. The second kappa shape index (κ2) is 12.5. The molecule has 2 aliphatic carbocycles. The highest BCUT2D eigenvalue weighted by molar-refractivity contribution is 5.96. The second-order valence-electron chi connectivity index (χ2n) is 10.8. The Balaban J connectivity index is 1.07. The predicted molar refractivity (Wildman–Crippen MR) is 144 cm³/mol. The third-order valence-corrected chi connectivity index (χ3v) is 8.04. The molecular formula is C29H37N5O5. The van der Waals surface area contributed by atoms with Crippen molar-refractivity contribution in [2.75, 3.05) is 31.7 Å². The average Bonchev–Trinajstić information content (AvgIpc) is 3.83. The van der Waals surface area contributed by atoms with Crippen molar-refractivity contribution in [1.82, 2.24) is 20.8 Å². The molecule has 3 fully saturated rings. The molecule has 10 nitrogen and oxygen atoms in total. The average molecular weight is 536 g/mol. The van der Waals surface area contributed by atoms with Gasteiger partial charge in [0.25, 0.3) is 5.91 Å². The normalized spacial score (nSPS) is 21.7. The molecule has 2 aromatic rings. The van der Waals surface area contributed by atoms with Crippen LogP contribution in [-0.2, 0) is 19.1 Å². The van der Waals surface area contributed by atoms with Crippen molar-refractivity contribution in [3.8, 4) is 11.1 Å². The lowest BCUT2D eigenvalue weighted by molar-refractivity contribution is -0.147. The van der Waals surface area contributed by atoms with E-state index in [9.17, 15) is 14.4 Å². The Bertz CT molecular complexity index is 1140. The van der Waals surface area contributed by atoms with E-state index >= 15 is 0 Å². The molecule has 1 saturated heterocycles. The third kappa shape index (κ3) is 7.11. The number of amides is 2. The zero-order valence-electron chi connectivity index (χ0n) is 22.4. The number of rotatable bonds is 8. The molecule has 0 spiro atoms. The first-order valence-electron chi connectivity index (χ1n) is 14.0. The first kappa shape index (κ1) is 27.1. The van der Waals surface area contributed by atoms with Gasteiger partial charge in [-0.2, -0.15) is 0 Å². The highest BCUT2D eigenvalue weighted by Crippen LogP contribution is 2.31. The summed E-state index contributed by atoms with van der Waals surface area (Å²) in [5.41, 5.74) is 7.21. The van der Waals surface area contributed by atoms with Crippen LogP contribution in [0.2, 0.25) is 0 Å². The fourth-order valence-electron chi connectivity index (χ4n) is 5.28. The number of ether oxygens (including phenoxy) is 2. The maximum atomic E-state index is 12.6. The van der Waals surface area contributed by atoms with Crippen LogP contribution in [0.25, 0.3) is 11.1 Å². The minimum Gasteiger partial charge on any atom is -0.469 e. The van der Waals surface area contributed by atoms with E-state index in [2.05, 4.69) is 25.7 Å². The molecule has 2 amide bonds. The van der Waals surface area contributed by atoms with E-state index in [4.69, 9.17) is 9.47 Å². The number of aromatic nitrogens is 2. The number of esters is 1. The molecule has 1 aliphatic heterocycles. The van der Waals surface area contributed by atoms with Crippen LogP contribution in [0.4, 0.5) is 5.95 Å². The van der Waals surface area contributed by atoms with Gasteiger partial charge in [-0.3, -0.25) is 25.2 Å². The summed E-state index contributed by atoms with van der Waals surface area (Å²) in [4.78, 5) is 48.0. The van der Waals surface area contributed by atoms with Crippen LogP contribution in [-0.4, -0.2) is 60.7 Å². The van der Waals surface area contributed by atoms with Crippen LogP contribution in [0.5, 0.6) is 0 Å². The van der Waals surface area contributed by atoms with E-state index in [1.54, 1.807) is 12.1 Å². The maximum Gasteiger partial charge on any atom is 0.308 e. The first-order chi connectivity index (χ1) is 19.0. The van der Waals surface area contributed by atoms with Crippen LogP contribution in [0.1, 0.15) is 61.7 Å². The summed E-state index contributed by atoms with van der Waals surface area (Å²) in [5.74, 6) is 0.276. The van der Waals surface area contributed by atoms with E-state index < -0.39 is 5.91 Å².